The van der Waals surface area contributed by atoms with Crippen molar-refractivity contribution >= 4 is 34.9 Å². The SMILES string of the molecule is Cc1cc(CONC(C)C)cnc1Oc1ccc2ncnc(Nc3cnn(C)n3)c2c1.Cl. The second kappa shape index (κ2) is 10.3. The molecule has 4 rings (SSSR count). The molecule has 0 spiro atoms. The van der Waals surface area contributed by atoms with Crippen LogP contribution in [-0.4, -0.2) is 36.0 Å². The quantitative estimate of drug-likeness (QED) is 0.381. The van der Waals surface area contributed by atoms with E-state index in [9.17, 15) is 0 Å². The van der Waals surface area contributed by atoms with Gasteiger partial charge in [0.05, 0.1) is 18.3 Å². The van der Waals surface area contributed by atoms with Crippen LogP contribution in [0.4, 0.5) is 11.6 Å². The number of hydrogen-bond acceptors (Lipinski definition) is 9. The van der Waals surface area contributed by atoms with Gasteiger partial charge in [0.2, 0.25) is 5.88 Å². The van der Waals surface area contributed by atoms with E-state index in [-0.39, 0.29) is 18.4 Å². The number of halogens is 1. The number of anilines is 2. The molecule has 0 aliphatic heterocycles. The number of hydrogen-bond donors (Lipinski definition) is 2. The highest BCUT2D eigenvalue weighted by Crippen LogP contribution is 2.29. The lowest BCUT2D eigenvalue weighted by molar-refractivity contribution is 0.0112. The molecule has 2 N–H and O–H groups in total. The summed E-state index contributed by atoms with van der Waals surface area (Å²) in [6.45, 7) is 6.41. The summed E-state index contributed by atoms with van der Waals surface area (Å²) in [6, 6.07) is 7.85. The van der Waals surface area contributed by atoms with Gasteiger partial charge >= 0.3 is 0 Å². The zero-order valence-electron chi connectivity index (χ0n) is 18.2. The summed E-state index contributed by atoms with van der Waals surface area (Å²) in [4.78, 5) is 20.0. The predicted octanol–water partition coefficient (Wildman–Crippen LogP) is 3.85. The summed E-state index contributed by atoms with van der Waals surface area (Å²) in [7, 11) is 1.75. The minimum absolute atomic E-state index is 0. The van der Waals surface area contributed by atoms with Gasteiger partial charge in [0.15, 0.2) is 5.82 Å². The van der Waals surface area contributed by atoms with Crippen LogP contribution in [0, 0.1) is 6.92 Å². The zero-order valence-corrected chi connectivity index (χ0v) is 19.1. The fourth-order valence-corrected chi connectivity index (χ4v) is 2.93. The van der Waals surface area contributed by atoms with Crippen LogP contribution in [-0.2, 0) is 18.5 Å². The molecule has 0 saturated carbocycles. The predicted molar refractivity (Wildman–Crippen MR) is 123 cm³/mol. The topological polar surface area (TPSA) is 112 Å². The highest BCUT2D eigenvalue weighted by Gasteiger charge is 2.10. The van der Waals surface area contributed by atoms with E-state index < -0.39 is 0 Å². The van der Waals surface area contributed by atoms with Gasteiger partial charge in [-0.25, -0.2) is 15.0 Å². The molecule has 0 bridgehead atoms. The first-order valence-corrected chi connectivity index (χ1v) is 9.87. The maximum absolute atomic E-state index is 6.04. The maximum atomic E-state index is 6.04. The Bertz CT molecular complexity index is 1200. The van der Waals surface area contributed by atoms with E-state index >= 15 is 0 Å². The Hall–Kier alpha value is -3.34. The first kappa shape index (κ1) is 23.3. The van der Waals surface area contributed by atoms with Crippen LogP contribution in [0.25, 0.3) is 10.9 Å². The van der Waals surface area contributed by atoms with Crippen molar-refractivity contribution in [1.82, 2.24) is 35.4 Å². The average Bonchev–Trinajstić information content (AvgIpc) is 3.15. The van der Waals surface area contributed by atoms with Crippen molar-refractivity contribution in [3.05, 3.63) is 54.1 Å². The Morgan fingerprint density at radius 1 is 1.09 bits per heavy atom. The molecular weight excluding hydrogens is 432 g/mol. The molecule has 11 heteroatoms. The van der Waals surface area contributed by atoms with Crippen LogP contribution in [0.15, 0.2) is 43.0 Å². The third-order valence-corrected chi connectivity index (χ3v) is 4.31. The van der Waals surface area contributed by atoms with Gasteiger partial charge in [-0.2, -0.15) is 15.4 Å². The van der Waals surface area contributed by atoms with Gasteiger partial charge in [0.1, 0.15) is 17.9 Å². The van der Waals surface area contributed by atoms with Crippen molar-refractivity contribution < 1.29 is 9.57 Å². The van der Waals surface area contributed by atoms with Gasteiger partial charge in [-0.1, -0.05) is 0 Å². The third kappa shape index (κ3) is 5.67. The Morgan fingerprint density at radius 3 is 2.66 bits per heavy atom. The summed E-state index contributed by atoms with van der Waals surface area (Å²) < 4.78 is 6.04. The number of rotatable bonds is 8. The Morgan fingerprint density at radius 2 is 1.94 bits per heavy atom. The minimum Gasteiger partial charge on any atom is -0.439 e. The molecule has 3 aromatic heterocycles. The molecule has 10 nitrogen and oxygen atoms in total. The molecule has 0 amide bonds. The Kier molecular flexibility index (Phi) is 7.52. The van der Waals surface area contributed by atoms with E-state index in [0.717, 1.165) is 22.0 Å². The van der Waals surface area contributed by atoms with Crippen LogP contribution in [0.3, 0.4) is 0 Å². The van der Waals surface area contributed by atoms with Gasteiger partial charge in [-0.3, -0.25) is 4.84 Å². The molecule has 32 heavy (non-hydrogen) atoms. The zero-order chi connectivity index (χ0) is 21.8. The van der Waals surface area contributed by atoms with Gasteiger partial charge in [-0.05, 0) is 50.6 Å². The molecule has 0 radical (unpaired) electrons. The number of aromatic nitrogens is 6. The summed E-state index contributed by atoms with van der Waals surface area (Å²) in [5.41, 5.74) is 5.57. The van der Waals surface area contributed by atoms with Crippen LogP contribution in [0.2, 0.25) is 0 Å². The molecule has 0 unspecified atom stereocenters. The molecule has 0 aliphatic carbocycles. The van der Waals surface area contributed by atoms with Crippen LogP contribution < -0.4 is 15.5 Å². The number of pyridine rings is 1. The van der Waals surface area contributed by atoms with Crippen LogP contribution >= 0.6 is 12.4 Å². The molecular formula is C21H25ClN8O2. The Labute approximate surface area is 191 Å². The van der Waals surface area contributed by atoms with E-state index in [2.05, 4.69) is 35.9 Å². The average molecular weight is 457 g/mol. The van der Waals surface area contributed by atoms with Crippen molar-refractivity contribution in [3.8, 4) is 11.6 Å². The van der Waals surface area contributed by atoms with Crippen molar-refractivity contribution in [3.63, 3.8) is 0 Å². The first-order valence-electron chi connectivity index (χ1n) is 9.87. The van der Waals surface area contributed by atoms with Gasteiger partial charge in [-0.15, -0.1) is 17.5 Å². The molecule has 1 aromatic carbocycles. The number of nitrogens with one attached hydrogen (secondary N) is 2. The highest BCUT2D eigenvalue weighted by molar-refractivity contribution is 5.91. The summed E-state index contributed by atoms with van der Waals surface area (Å²) in [5, 5.41) is 12.3. The molecule has 0 aliphatic rings. The smallest absolute Gasteiger partial charge is 0.222 e. The number of nitrogens with zero attached hydrogens (tertiary/aromatic N) is 6. The fourth-order valence-electron chi connectivity index (χ4n) is 2.93. The van der Waals surface area contributed by atoms with Crippen LogP contribution in [0.5, 0.6) is 11.6 Å². The van der Waals surface area contributed by atoms with Crippen molar-refractivity contribution in [2.24, 2.45) is 7.05 Å². The first-order chi connectivity index (χ1) is 15.0. The number of aryl methyl sites for hydroxylation is 2. The third-order valence-electron chi connectivity index (χ3n) is 4.31. The lowest BCUT2D eigenvalue weighted by Crippen LogP contribution is -2.22. The molecule has 0 saturated heterocycles. The summed E-state index contributed by atoms with van der Waals surface area (Å²) in [6.07, 6.45) is 4.88. The summed E-state index contributed by atoms with van der Waals surface area (Å²) in [5.74, 6) is 2.37. The molecule has 168 valence electrons. The fraction of sp³-hybridized carbons (Fsp3) is 0.286. The van der Waals surface area contributed by atoms with Gasteiger partial charge in [0.25, 0.3) is 0 Å². The molecule has 0 fully saturated rings. The standard InChI is InChI=1S/C21H24N8O2.ClH/c1-13(2)28-30-11-15-7-14(3)21(22-9-15)31-16-5-6-18-17(8-16)20(24-12-23-18)26-19-10-25-29(4)27-19;/h5-10,12-13,28H,11H2,1-4H3,(H,23,24,26,27);1H. The van der Waals surface area contributed by atoms with E-state index in [4.69, 9.17) is 9.57 Å². The molecule has 4 aromatic rings. The number of hydroxylamine groups is 1. The van der Waals surface area contributed by atoms with Crippen molar-refractivity contribution in [2.75, 3.05) is 5.32 Å². The lowest BCUT2D eigenvalue weighted by atomic mass is 10.2. The number of fused-ring (bicyclic) bond motifs is 1. The van der Waals surface area contributed by atoms with Crippen LogP contribution in [0.1, 0.15) is 25.0 Å². The second-order valence-electron chi connectivity index (χ2n) is 7.37. The van der Waals surface area contributed by atoms with E-state index in [1.165, 1.54) is 11.1 Å². The number of benzene rings is 1. The largest absolute Gasteiger partial charge is 0.439 e. The van der Waals surface area contributed by atoms with Crippen molar-refractivity contribution in [1.29, 1.82) is 0 Å². The number of ether oxygens (including phenoxy) is 1. The van der Waals surface area contributed by atoms with Gasteiger partial charge < -0.3 is 10.1 Å². The normalized spacial score (nSPS) is 10.9. The maximum Gasteiger partial charge on any atom is 0.222 e. The second-order valence-corrected chi connectivity index (χ2v) is 7.37. The summed E-state index contributed by atoms with van der Waals surface area (Å²) >= 11 is 0. The van der Waals surface area contributed by atoms with E-state index in [0.29, 0.717) is 29.9 Å². The molecule has 3 heterocycles. The van der Waals surface area contributed by atoms with E-state index in [1.54, 1.807) is 19.4 Å². The lowest BCUT2D eigenvalue weighted by Gasteiger charge is -2.12. The molecule has 0 atom stereocenters. The van der Waals surface area contributed by atoms with Crippen molar-refractivity contribution in [2.45, 2.75) is 33.4 Å². The highest BCUT2D eigenvalue weighted by atomic mass is 35.5. The Balaban J connectivity index is 0.00000289. The van der Waals surface area contributed by atoms with Gasteiger partial charge in [0, 0.05) is 30.2 Å². The minimum atomic E-state index is 0. The van der Waals surface area contributed by atoms with E-state index in [1.807, 2.05) is 45.0 Å². The monoisotopic (exact) mass is 456 g/mol.